The van der Waals surface area contributed by atoms with Gasteiger partial charge in [0.15, 0.2) is 0 Å². The number of hydrogen-bond donors (Lipinski definition) is 1. The first-order valence-corrected chi connectivity index (χ1v) is 9.48. The summed E-state index contributed by atoms with van der Waals surface area (Å²) >= 11 is 0. The first-order chi connectivity index (χ1) is 13.3. The lowest BCUT2D eigenvalue weighted by atomic mass is 9.95. The first kappa shape index (κ1) is 20.6. The van der Waals surface area contributed by atoms with Crippen molar-refractivity contribution in [2.24, 2.45) is 5.92 Å². The molecular weight excluding hydrogens is 375 g/mol. The molecule has 1 aromatic heterocycles. The largest absolute Gasteiger partial charge is 0.490 e. The number of carboxylic acids is 1. The van der Waals surface area contributed by atoms with Crippen molar-refractivity contribution >= 4 is 11.9 Å². The van der Waals surface area contributed by atoms with Gasteiger partial charge in [-0.05, 0) is 43.2 Å². The molecule has 0 bridgehead atoms. The number of carboxylic acid groups (broad SMARTS) is 1. The molecule has 1 amide bonds. The van der Waals surface area contributed by atoms with E-state index < -0.39 is 12.1 Å². The van der Waals surface area contributed by atoms with E-state index in [1.807, 2.05) is 18.5 Å². The predicted octanol–water partition coefficient (Wildman–Crippen LogP) is 2.69. The highest BCUT2D eigenvalue weighted by Crippen LogP contribution is 2.36. The molecule has 0 radical (unpaired) electrons. The fourth-order valence-corrected chi connectivity index (χ4v) is 3.98. The summed E-state index contributed by atoms with van der Waals surface area (Å²) < 4.78 is 31.7. The molecule has 0 aromatic carbocycles. The molecule has 3 aliphatic rings. The number of pyridine rings is 1. The zero-order valence-electron chi connectivity index (χ0n) is 15.4. The van der Waals surface area contributed by atoms with Crippen LogP contribution in [0.15, 0.2) is 24.5 Å². The Kier molecular flexibility index (Phi) is 6.22. The number of alkyl halides is 3. The van der Waals surface area contributed by atoms with Gasteiger partial charge in [-0.2, -0.15) is 13.2 Å². The van der Waals surface area contributed by atoms with E-state index in [0.29, 0.717) is 18.0 Å². The SMILES string of the molecule is O=C(O)C(F)(F)F.O=C1CC[C@@H]2[C@@H](CCN2Cc2cccnc2)N1CC1CC1. The quantitative estimate of drug-likeness (QED) is 0.843. The van der Waals surface area contributed by atoms with E-state index in [1.54, 1.807) is 0 Å². The van der Waals surface area contributed by atoms with Crippen molar-refractivity contribution in [2.45, 2.75) is 56.9 Å². The van der Waals surface area contributed by atoms with E-state index in [-0.39, 0.29) is 0 Å². The number of rotatable bonds is 4. The maximum atomic E-state index is 12.3. The van der Waals surface area contributed by atoms with Crippen LogP contribution >= 0.6 is 0 Å². The summed E-state index contributed by atoms with van der Waals surface area (Å²) in [5.41, 5.74) is 1.28. The molecule has 154 valence electrons. The summed E-state index contributed by atoms with van der Waals surface area (Å²) in [5, 5.41) is 7.12. The minimum atomic E-state index is -5.08. The van der Waals surface area contributed by atoms with Gasteiger partial charge in [0.25, 0.3) is 0 Å². The zero-order chi connectivity index (χ0) is 20.3. The summed E-state index contributed by atoms with van der Waals surface area (Å²) in [6, 6.07) is 5.17. The third-order valence-corrected chi connectivity index (χ3v) is 5.50. The Morgan fingerprint density at radius 1 is 1.21 bits per heavy atom. The highest BCUT2D eigenvalue weighted by molar-refractivity contribution is 5.77. The number of halogens is 3. The van der Waals surface area contributed by atoms with E-state index in [1.165, 1.54) is 18.4 Å². The molecule has 1 saturated carbocycles. The molecule has 2 aliphatic heterocycles. The zero-order valence-corrected chi connectivity index (χ0v) is 15.4. The van der Waals surface area contributed by atoms with E-state index in [4.69, 9.17) is 9.90 Å². The van der Waals surface area contributed by atoms with Crippen molar-refractivity contribution in [3.05, 3.63) is 30.1 Å². The van der Waals surface area contributed by atoms with Crippen molar-refractivity contribution < 1.29 is 27.9 Å². The summed E-state index contributed by atoms with van der Waals surface area (Å²) in [5.74, 6) is -1.57. The highest BCUT2D eigenvalue weighted by atomic mass is 19.4. The van der Waals surface area contributed by atoms with Gasteiger partial charge in [-0.15, -0.1) is 0 Å². The van der Waals surface area contributed by atoms with Gasteiger partial charge in [-0.1, -0.05) is 6.07 Å². The molecule has 0 spiro atoms. The molecule has 6 nitrogen and oxygen atoms in total. The Labute approximate surface area is 161 Å². The lowest BCUT2D eigenvalue weighted by Gasteiger charge is -2.40. The fourth-order valence-electron chi connectivity index (χ4n) is 3.98. The molecular formula is C19H24F3N3O3. The minimum Gasteiger partial charge on any atom is -0.475 e. The monoisotopic (exact) mass is 399 g/mol. The molecule has 0 unspecified atom stereocenters. The number of nitrogens with zero attached hydrogens (tertiary/aromatic N) is 3. The second-order valence-corrected chi connectivity index (χ2v) is 7.59. The van der Waals surface area contributed by atoms with Crippen molar-refractivity contribution in [1.82, 2.24) is 14.8 Å². The van der Waals surface area contributed by atoms with Crippen molar-refractivity contribution in [3.8, 4) is 0 Å². The van der Waals surface area contributed by atoms with Gasteiger partial charge in [0.1, 0.15) is 0 Å². The predicted molar refractivity (Wildman–Crippen MR) is 94.2 cm³/mol. The standard InChI is InChI=1S/C17H23N3O.C2HF3O2/c21-17-6-5-15-16(20(17)12-13-3-4-13)7-9-19(15)11-14-2-1-8-18-10-14;3-2(4,5)1(6)7/h1-2,8,10,13,15-16H,3-7,9,11-12H2;(H,6,7)/t15-,16-;/m1./s1. The van der Waals surface area contributed by atoms with Crippen LogP contribution < -0.4 is 0 Å². The van der Waals surface area contributed by atoms with Gasteiger partial charge < -0.3 is 10.0 Å². The summed E-state index contributed by atoms with van der Waals surface area (Å²) in [6.45, 7) is 3.10. The Hall–Kier alpha value is -2.16. The maximum absolute atomic E-state index is 12.3. The number of carbonyl (C=O) groups excluding carboxylic acids is 1. The van der Waals surface area contributed by atoms with Crippen LogP contribution in [-0.4, -0.2) is 63.1 Å². The van der Waals surface area contributed by atoms with E-state index >= 15 is 0 Å². The van der Waals surface area contributed by atoms with Gasteiger partial charge in [0, 0.05) is 50.5 Å². The lowest BCUT2D eigenvalue weighted by molar-refractivity contribution is -0.192. The third-order valence-electron chi connectivity index (χ3n) is 5.50. The molecule has 28 heavy (non-hydrogen) atoms. The van der Waals surface area contributed by atoms with Crippen LogP contribution in [0.3, 0.4) is 0 Å². The normalized spacial score (nSPS) is 25.1. The van der Waals surface area contributed by atoms with Crippen LogP contribution in [0.2, 0.25) is 0 Å². The Bertz CT molecular complexity index is 695. The molecule has 1 aromatic rings. The smallest absolute Gasteiger partial charge is 0.475 e. The molecule has 9 heteroatoms. The number of piperidine rings is 1. The Balaban J connectivity index is 0.000000279. The van der Waals surface area contributed by atoms with Gasteiger partial charge in [0.05, 0.1) is 0 Å². The lowest BCUT2D eigenvalue weighted by Crippen LogP contribution is -2.52. The first-order valence-electron chi connectivity index (χ1n) is 9.48. The van der Waals surface area contributed by atoms with Gasteiger partial charge in [-0.3, -0.25) is 14.7 Å². The number of fused-ring (bicyclic) bond motifs is 1. The molecule has 1 N–H and O–H groups in total. The van der Waals surface area contributed by atoms with E-state index in [9.17, 15) is 18.0 Å². The summed E-state index contributed by atoms with van der Waals surface area (Å²) in [7, 11) is 0. The number of aromatic nitrogens is 1. The minimum absolute atomic E-state index is 0.395. The van der Waals surface area contributed by atoms with Crippen LogP contribution in [0.5, 0.6) is 0 Å². The number of likely N-dealkylation sites (tertiary alicyclic amines) is 2. The van der Waals surface area contributed by atoms with E-state index in [0.717, 1.165) is 44.8 Å². The molecule has 2 saturated heterocycles. The maximum Gasteiger partial charge on any atom is 0.490 e. The summed E-state index contributed by atoms with van der Waals surface area (Å²) in [4.78, 5) is 30.2. The topological polar surface area (TPSA) is 73.7 Å². The Morgan fingerprint density at radius 2 is 1.93 bits per heavy atom. The van der Waals surface area contributed by atoms with Gasteiger partial charge in [0.2, 0.25) is 5.91 Å². The van der Waals surface area contributed by atoms with Crippen molar-refractivity contribution in [1.29, 1.82) is 0 Å². The van der Waals surface area contributed by atoms with Gasteiger partial charge in [-0.25, -0.2) is 4.79 Å². The molecule has 3 fully saturated rings. The van der Waals surface area contributed by atoms with Crippen LogP contribution in [0.4, 0.5) is 13.2 Å². The van der Waals surface area contributed by atoms with E-state index in [2.05, 4.69) is 20.9 Å². The second kappa shape index (κ2) is 8.46. The average molecular weight is 399 g/mol. The summed E-state index contributed by atoms with van der Waals surface area (Å²) in [6.07, 6.45) is 4.25. The highest BCUT2D eigenvalue weighted by Gasteiger charge is 2.44. The third kappa shape index (κ3) is 5.21. The van der Waals surface area contributed by atoms with Gasteiger partial charge >= 0.3 is 12.1 Å². The van der Waals surface area contributed by atoms with Crippen LogP contribution in [0.1, 0.15) is 37.7 Å². The van der Waals surface area contributed by atoms with Crippen LogP contribution in [0, 0.1) is 5.92 Å². The van der Waals surface area contributed by atoms with Crippen molar-refractivity contribution in [3.63, 3.8) is 0 Å². The van der Waals surface area contributed by atoms with Crippen LogP contribution in [-0.2, 0) is 16.1 Å². The molecule has 3 heterocycles. The second-order valence-electron chi connectivity index (χ2n) is 7.59. The van der Waals surface area contributed by atoms with Crippen molar-refractivity contribution in [2.75, 3.05) is 13.1 Å². The fraction of sp³-hybridized carbons (Fsp3) is 0.632. The molecule has 1 aliphatic carbocycles. The number of carbonyl (C=O) groups is 2. The number of hydrogen-bond acceptors (Lipinski definition) is 4. The number of aliphatic carboxylic acids is 1. The Morgan fingerprint density at radius 3 is 2.50 bits per heavy atom. The van der Waals surface area contributed by atoms with Crippen LogP contribution in [0.25, 0.3) is 0 Å². The number of amides is 1. The molecule has 2 atom stereocenters. The average Bonchev–Trinajstić information content (AvgIpc) is 3.38. The molecule has 4 rings (SSSR count).